The van der Waals surface area contributed by atoms with E-state index in [9.17, 15) is 13.2 Å². The average molecular weight is 486 g/mol. The highest BCUT2D eigenvalue weighted by atomic mass is 35.5. The van der Waals surface area contributed by atoms with E-state index < -0.39 is 16.4 Å². The maximum absolute atomic E-state index is 12.3. The maximum Gasteiger partial charge on any atom is 0.319 e. The van der Waals surface area contributed by atoms with Gasteiger partial charge < -0.3 is 4.74 Å². The van der Waals surface area contributed by atoms with Crippen LogP contribution < -0.4 is 4.74 Å². The van der Waals surface area contributed by atoms with Gasteiger partial charge in [0, 0.05) is 14.7 Å². The van der Waals surface area contributed by atoms with Gasteiger partial charge in [-0.05, 0) is 73.0 Å². The lowest BCUT2D eigenvalue weighted by atomic mass is 10.1. The van der Waals surface area contributed by atoms with Crippen molar-refractivity contribution in [1.29, 1.82) is 0 Å². The zero-order valence-electron chi connectivity index (χ0n) is 15.7. The smallest absolute Gasteiger partial charge is 0.319 e. The van der Waals surface area contributed by atoms with Crippen LogP contribution >= 0.6 is 34.5 Å². The second kappa shape index (κ2) is 10.4. The number of carbonyl (C=O) groups is 1. The van der Waals surface area contributed by atoms with E-state index in [1.54, 1.807) is 12.1 Å². The predicted octanol–water partition coefficient (Wildman–Crippen LogP) is 6.68. The molecule has 1 amide bonds. The zero-order chi connectivity index (χ0) is 21.1. The largest absolute Gasteiger partial charge is 0.494 e. The molecule has 0 saturated heterocycles. The summed E-state index contributed by atoms with van der Waals surface area (Å²) in [6.07, 6.45) is 1.17. The third kappa shape index (κ3) is 5.60. The summed E-state index contributed by atoms with van der Waals surface area (Å²) >= 11 is 13.4. The highest BCUT2D eigenvalue weighted by Gasteiger charge is 2.18. The normalized spacial score (nSPS) is 10.5. The Kier molecular flexibility index (Phi) is 8.43. The van der Waals surface area contributed by atoms with Crippen LogP contribution in [0.2, 0.25) is 10.0 Å². The summed E-state index contributed by atoms with van der Waals surface area (Å²) in [6.45, 7) is 4.28. The van der Waals surface area contributed by atoms with Gasteiger partial charge in [0.2, 0.25) is 0 Å². The number of amides is 1. The summed E-state index contributed by atoms with van der Waals surface area (Å²) in [7, 11) is -2.80. The summed E-state index contributed by atoms with van der Waals surface area (Å²) in [5, 5.41) is 2.14. The summed E-state index contributed by atoms with van der Waals surface area (Å²) in [5.74, 6) is -0.0325. The maximum atomic E-state index is 12.3. The summed E-state index contributed by atoms with van der Waals surface area (Å²) in [4.78, 5) is 12.6. The standard InChI is InChI=1S/C20H17Cl2NO4S2.CH4/c1-11-8-14(9-12(2)18(11)22)27-7-3-4-16-15-6-5-13(21)10-17(15)28-19(16)20(24)23-29(25)26;/h5-6,8-10H,3-4,7H2,1-2H3;1H4. The monoisotopic (exact) mass is 485 g/mol. The van der Waals surface area contributed by atoms with E-state index in [2.05, 4.69) is 4.36 Å². The Hall–Kier alpha value is -1.93. The molecule has 30 heavy (non-hydrogen) atoms. The predicted molar refractivity (Wildman–Crippen MR) is 124 cm³/mol. The minimum absolute atomic E-state index is 0. The van der Waals surface area contributed by atoms with Gasteiger partial charge >= 0.3 is 16.4 Å². The van der Waals surface area contributed by atoms with E-state index in [0.29, 0.717) is 29.3 Å². The Bertz CT molecular complexity index is 1200. The molecule has 0 aliphatic rings. The number of ether oxygens (including phenoxy) is 1. The third-order valence-electron chi connectivity index (χ3n) is 4.36. The second-order valence-electron chi connectivity index (χ2n) is 6.49. The first-order valence-corrected chi connectivity index (χ1v) is 11.3. The second-order valence-corrected chi connectivity index (χ2v) is 8.97. The van der Waals surface area contributed by atoms with Gasteiger partial charge in [-0.15, -0.1) is 11.3 Å². The Labute approximate surface area is 191 Å². The van der Waals surface area contributed by atoms with Crippen molar-refractivity contribution in [2.24, 2.45) is 4.36 Å². The van der Waals surface area contributed by atoms with Gasteiger partial charge in [-0.1, -0.05) is 41.1 Å². The van der Waals surface area contributed by atoms with Crippen LogP contribution in [-0.4, -0.2) is 20.9 Å². The molecule has 0 aliphatic heterocycles. The van der Waals surface area contributed by atoms with Crippen LogP contribution in [0.25, 0.3) is 10.1 Å². The van der Waals surface area contributed by atoms with Crippen molar-refractivity contribution in [2.45, 2.75) is 34.1 Å². The van der Waals surface area contributed by atoms with Crippen LogP contribution in [0, 0.1) is 13.8 Å². The average Bonchev–Trinajstić information content (AvgIpc) is 3.00. The van der Waals surface area contributed by atoms with Gasteiger partial charge in [-0.25, -0.2) is 0 Å². The highest BCUT2D eigenvalue weighted by Crippen LogP contribution is 2.35. The van der Waals surface area contributed by atoms with Gasteiger partial charge in [0.25, 0.3) is 0 Å². The van der Waals surface area contributed by atoms with Gasteiger partial charge in [0.1, 0.15) is 5.75 Å². The molecule has 0 atom stereocenters. The van der Waals surface area contributed by atoms with Crippen LogP contribution in [0.1, 0.15) is 40.2 Å². The van der Waals surface area contributed by atoms with E-state index in [1.165, 1.54) is 11.3 Å². The third-order valence-corrected chi connectivity index (χ3v) is 6.69. The Morgan fingerprint density at radius 2 is 1.80 bits per heavy atom. The number of hydrogen-bond donors (Lipinski definition) is 0. The van der Waals surface area contributed by atoms with Gasteiger partial charge in [0.05, 0.1) is 11.5 Å². The lowest BCUT2D eigenvalue weighted by Gasteiger charge is -2.10. The Morgan fingerprint density at radius 1 is 1.13 bits per heavy atom. The molecule has 0 unspecified atom stereocenters. The molecular formula is C21H21Cl2NO4S2. The number of aryl methyl sites for hydroxylation is 3. The van der Waals surface area contributed by atoms with Crippen molar-refractivity contribution in [3.05, 3.63) is 61.9 Å². The van der Waals surface area contributed by atoms with Crippen molar-refractivity contribution in [3.63, 3.8) is 0 Å². The number of rotatable bonds is 6. The topological polar surface area (TPSA) is 72.8 Å². The molecule has 0 fully saturated rings. The molecule has 160 valence electrons. The first-order valence-electron chi connectivity index (χ1n) is 8.72. The lowest BCUT2D eigenvalue weighted by Crippen LogP contribution is -2.02. The van der Waals surface area contributed by atoms with E-state index in [1.807, 2.05) is 32.0 Å². The fraction of sp³-hybridized carbons (Fsp3) is 0.286. The molecular weight excluding hydrogens is 465 g/mol. The molecule has 1 heterocycles. The number of fused-ring (bicyclic) bond motifs is 1. The number of benzene rings is 2. The molecule has 0 spiro atoms. The van der Waals surface area contributed by atoms with E-state index in [4.69, 9.17) is 27.9 Å². The summed E-state index contributed by atoms with van der Waals surface area (Å²) < 4.78 is 31.4. The van der Waals surface area contributed by atoms with Crippen molar-refractivity contribution in [1.82, 2.24) is 0 Å². The van der Waals surface area contributed by atoms with Crippen LogP contribution in [-0.2, 0) is 16.9 Å². The molecule has 0 radical (unpaired) electrons. The van der Waals surface area contributed by atoms with Gasteiger partial charge in [-0.2, -0.15) is 8.42 Å². The summed E-state index contributed by atoms with van der Waals surface area (Å²) in [6, 6.07) is 9.10. The first-order chi connectivity index (χ1) is 13.8. The molecule has 3 rings (SSSR count). The number of carbonyl (C=O) groups excluding carboxylic acids is 1. The van der Waals surface area contributed by atoms with Crippen molar-refractivity contribution < 1.29 is 17.9 Å². The molecule has 0 saturated carbocycles. The first kappa shape index (κ1) is 24.3. The fourth-order valence-electron chi connectivity index (χ4n) is 3.08. The lowest BCUT2D eigenvalue weighted by molar-refractivity contribution is 0.101. The van der Waals surface area contributed by atoms with Crippen LogP contribution in [0.4, 0.5) is 0 Å². The van der Waals surface area contributed by atoms with Crippen LogP contribution in [0.15, 0.2) is 34.7 Å². The molecule has 3 aromatic rings. The summed E-state index contributed by atoms with van der Waals surface area (Å²) in [5.41, 5.74) is 2.65. The van der Waals surface area contributed by atoms with E-state index >= 15 is 0 Å². The minimum Gasteiger partial charge on any atom is -0.494 e. The number of nitrogens with zero attached hydrogens (tertiary/aromatic N) is 1. The van der Waals surface area contributed by atoms with Gasteiger partial charge in [0.15, 0.2) is 0 Å². The van der Waals surface area contributed by atoms with Crippen LogP contribution in [0.3, 0.4) is 0 Å². The number of hydrogen-bond acceptors (Lipinski definition) is 5. The minimum atomic E-state index is -2.80. The van der Waals surface area contributed by atoms with Gasteiger partial charge in [-0.3, -0.25) is 4.79 Å². The molecule has 0 N–H and O–H groups in total. The van der Waals surface area contributed by atoms with Crippen molar-refractivity contribution >= 4 is 61.0 Å². The van der Waals surface area contributed by atoms with Crippen LogP contribution in [0.5, 0.6) is 5.75 Å². The Morgan fingerprint density at radius 3 is 2.43 bits per heavy atom. The highest BCUT2D eigenvalue weighted by molar-refractivity contribution is 7.62. The SMILES string of the molecule is C.Cc1cc(OCCCc2c(C(=O)N=S(=O)=O)sc3cc(Cl)ccc23)cc(C)c1Cl. The molecule has 0 aliphatic carbocycles. The quantitative estimate of drug-likeness (QED) is 0.365. The Balaban J connectivity index is 0.00000320. The fourth-order valence-corrected chi connectivity index (χ4v) is 4.89. The zero-order valence-corrected chi connectivity index (χ0v) is 18.8. The molecule has 2 aromatic carbocycles. The van der Waals surface area contributed by atoms with E-state index in [0.717, 1.165) is 37.5 Å². The molecule has 9 heteroatoms. The van der Waals surface area contributed by atoms with E-state index in [-0.39, 0.29) is 7.43 Å². The molecule has 1 aromatic heterocycles. The molecule has 0 bridgehead atoms. The van der Waals surface area contributed by atoms with Crippen molar-refractivity contribution in [2.75, 3.05) is 6.61 Å². The number of thiophene rings is 1. The number of halogens is 2. The molecule has 5 nitrogen and oxygen atoms in total. The van der Waals surface area contributed by atoms with Crippen molar-refractivity contribution in [3.8, 4) is 5.75 Å².